The minimum absolute atomic E-state index is 0.239. The van der Waals surface area contributed by atoms with E-state index in [1.165, 1.54) is 38.1 Å². The summed E-state index contributed by atoms with van der Waals surface area (Å²) in [5, 5.41) is 0. The number of ether oxygens (including phenoxy) is 2. The summed E-state index contributed by atoms with van der Waals surface area (Å²) >= 11 is 0. The highest BCUT2D eigenvalue weighted by Gasteiger charge is 2.10. The summed E-state index contributed by atoms with van der Waals surface area (Å²) < 4.78 is 9.79. The van der Waals surface area contributed by atoms with Crippen LogP contribution in [-0.4, -0.2) is 23.5 Å². The molecule has 6 heteroatoms. The van der Waals surface area contributed by atoms with Crippen LogP contribution >= 0.6 is 0 Å². The van der Waals surface area contributed by atoms with Gasteiger partial charge in [-0.05, 0) is 38.1 Å². The van der Waals surface area contributed by atoms with Gasteiger partial charge in [0.15, 0.2) is 0 Å². The number of esters is 2. The van der Waals surface area contributed by atoms with E-state index in [9.17, 15) is 19.2 Å². The highest BCUT2D eigenvalue weighted by atomic mass is 16.5. The van der Waals surface area contributed by atoms with Crippen molar-refractivity contribution in [2.24, 2.45) is 0 Å². The van der Waals surface area contributed by atoms with Crippen molar-refractivity contribution in [2.75, 3.05) is 0 Å². The van der Waals surface area contributed by atoms with Crippen LogP contribution in [-0.2, 0) is 19.2 Å². The summed E-state index contributed by atoms with van der Waals surface area (Å²) in [6.45, 7) is 2.58. The number of rotatable bonds is 6. The Morgan fingerprint density at radius 3 is 1.30 bits per heavy atom. The normalized spacial score (nSPS) is 9.70. The Labute approximate surface area is 115 Å². The molecule has 0 unspecified atom stereocenters. The third-order valence-electron chi connectivity index (χ3n) is 2.07. The fourth-order valence-electron chi connectivity index (χ4n) is 1.32. The number of hydrogen-bond donors (Lipinski definition) is 0. The predicted octanol–water partition coefficient (Wildman–Crippen LogP) is 1.46. The second-order valence-electron chi connectivity index (χ2n) is 4.18. The zero-order valence-corrected chi connectivity index (χ0v) is 11.2. The summed E-state index contributed by atoms with van der Waals surface area (Å²) in [5.74, 6) is -1.41. The highest BCUT2D eigenvalue weighted by Crippen LogP contribution is 2.18. The Morgan fingerprint density at radius 2 is 1.05 bits per heavy atom. The maximum Gasteiger partial charge on any atom is 0.318 e. The Balaban J connectivity index is 2.56. The molecule has 0 bridgehead atoms. The van der Waals surface area contributed by atoms with Crippen molar-refractivity contribution in [3.05, 3.63) is 24.3 Å². The van der Waals surface area contributed by atoms with Crippen LogP contribution in [0.3, 0.4) is 0 Å². The van der Waals surface area contributed by atoms with Gasteiger partial charge in [0.05, 0.1) is 0 Å². The average Bonchev–Trinajstić information content (AvgIpc) is 2.29. The minimum Gasteiger partial charge on any atom is -0.426 e. The Hall–Kier alpha value is -2.50. The molecule has 1 aromatic rings. The second-order valence-corrected chi connectivity index (χ2v) is 4.18. The molecule has 0 heterocycles. The molecule has 6 nitrogen and oxygen atoms in total. The van der Waals surface area contributed by atoms with E-state index in [0.717, 1.165) is 0 Å². The topological polar surface area (TPSA) is 86.7 Å². The molecular weight excluding hydrogens is 264 g/mol. The lowest BCUT2D eigenvalue weighted by atomic mass is 10.3. The van der Waals surface area contributed by atoms with Crippen molar-refractivity contribution in [1.82, 2.24) is 0 Å². The van der Waals surface area contributed by atoms with Crippen LogP contribution in [0, 0.1) is 0 Å². The molecule has 0 radical (unpaired) electrons. The summed E-state index contributed by atoms with van der Waals surface area (Å²) in [6.07, 6.45) is -0.593. The predicted molar refractivity (Wildman–Crippen MR) is 68.3 cm³/mol. The van der Waals surface area contributed by atoms with Gasteiger partial charge >= 0.3 is 11.9 Å². The standard InChI is InChI=1S/C14H14O6/c1-9(15)7-13(17)19-11-3-5-12(6-4-11)20-14(18)8-10(2)16/h3-6H,7-8H2,1-2H3. The summed E-state index contributed by atoms with van der Waals surface area (Å²) in [7, 11) is 0. The molecule has 20 heavy (non-hydrogen) atoms. The first-order valence-corrected chi connectivity index (χ1v) is 5.87. The minimum atomic E-state index is -0.654. The van der Waals surface area contributed by atoms with Gasteiger partial charge in [-0.3, -0.25) is 19.2 Å². The zero-order valence-electron chi connectivity index (χ0n) is 11.2. The molecule has 1 rings (SSSR count). The highest BCUT2D eigenvalue weighted by molar-refractivity contribution is 5.95. The zero-order chi connectivity index (χ0) is 15.1. The average molecular weight is 278 g/mol. The summed E-state index contributed by atoms with van der Waals surface area (Å²) in [4.78, 5) is 43.9. The van der Waals surface area contributed by atoms with E-state index in [2.05, 4.69) is 0 Å². The molecule has 0 amide bonds. The van der Waals surface area contributed by atoms with E-state index in [4.69, 9.17) is 9.47 Å². The monoisotopic (exact) mass is 278 g/mol. The number of ketones is 2. The third kappa shape index (κ3) is 5.90. The molecule has 0 saturated carbocycles. The van der Waals surface area contributed by atoms with Crippen LogP contribution in [0.4, 0.5) is 0 Å². The van der Waals surface area contributed by atoms with Crippen molar-refractivity contribution in [3.8, 4) is 11.5 Å². The molecule has 0 aromatic heterocycles. The lowest BCUT2D eigenvalue weighted by Crippen LogP contribution is -2.12. The van der Waals surface area contributed by atoms with Crippen LogP contribution in [0.25, 0.3) is 0 Å². The molecule has 0 fully saturated rings. The van der Waals surface area contributed by atoms with Crippen molar-refractivity contribution in [2.45, 2.75) is 26.7 Å². The Kier molecular flexibility index (Phi) is 5.58. The van der Waals surface area contributed by atoms with E-state index in [-0.39, 0.29) is 35.9 Å². The van der Waals surface area contributed by atoms with Gasteiger partial charge in [0.25, 0.3) is 0 Å². The van der Waals surface area contributed by atoms with Crippen LogP contribution < -0.4 is 9.47 Å². The van der Waals surface area contributed by atoms with Gasteiger partial charge in [-0.25, -0.2) is 0 Å². The molecule has 0 atom stereocenters. The quantitative estimate of drug-likeness (QED) is 0.444. The number of carbonyl (C=O) groups is 4. The van der Waals surface area contributed by atoms with E-state index in [1.807, 2.05) is 0 Å². The first-order chi connectivity index (χ1) is 9.36. The summed E-state index contributed by atoms with van der Waals surface area (Å²) in [5.41, 5.74) is 0. The fourth-order valence-corrected chi connectivity index (χ4v) is 1.32. The van der Waals surface area contributed by atoms with Gasteiger partial charge in [0.1, 0.15) is 35.9 Å². The summed E-state index contributed by atoms with van der Waals surface area (Å²) in [6, 6.07) is 5.70. The lowest BCUT2D eigenvalue weighted by Gasteiger charge is -2.05. The van der Waals surface area contributed by atoms with E-state index in [0.29, 0.717) is 0 Å². The Bertz CT molecular complexity index is 480. The lowest BCUT2D eigenvalue weighted by molar-refractivity contribution is -0.139. The van der Waals surface area contributed by atoms with Crippen molar-refractivity contribution >= 4 is 23.5 Å². The number of Topliss-reactive ketones (excluding diaryl/α,β-unsaturated/α-hetero) is 2. The molecule has 0 aliphatic carbocycles. The first-order valence-electron chi connectivity index (χ1n) is 5.87. The van der Waals surface area contributed by atoms with Crippen LogP contribution in [0.15, 0.2) is 24.3 Å². The number of hydrogen-bond acceptors (Lipinski definition) is 6. The molecule has 0 aliphatic heterocycles. The molecular formula is C14H14O6. The van der Waals surface area contributed by atoms with Gasteiger partial charge in [-0.2, -0.15) is 0 Å². The Morgan fingerprint density at radius 1 is 0.750 bits per heavy atom. The van der Waals surface area contributed by atoms with Gasteiger partial charge in [0.2, 0.25) is 0 Å². The first kappa shape index (κ1) is 15.6. The smallest absolute Gasteiger partial charge is 0.318 e. The second kappa shape index (κ2) is 7.18. The molecule has 0 N–H and O–H groups in total. The largest absolute Gasteiger partial charge is 0.426 e. The molecule has 0 saturated heterocycles. The van der Waals surface area contributed by atoms with E-state index in [1.54, 1.807) is 0 Å². The van der Waals surface area contributed by atoms with Crippen LogP contribution in [0.1, 0.15) is 26.7 Å². The van der Waals surface area contributed by atoms with E-state index < -0.39 is 11.9 Å². The van der Waals surface area contributed by atoms with Gasteiger partial charge in [-0.15, -0.1) is 0 Å². The third-order valence-corrected chi connectivity index (χ3v) is 2.07. The maximum absolute atomic E-state index is 11.2. The van der Waals surface area contributed by atoms with Crippen molar-refractivity contribution in [1.29, 1.82) is 0 Å². The molecule has 106 valence electrons. The van der Waals surface area contributed by atoms with Gasteiger partial charge in [0, 0.05) is 0 Å². The molecule has 0 spiro atoms. The number of benzene rings is 1. The van der Waals surface area contributed by atoms with Gasteiger partial charge in [-0.1, -0.05) is 0 Å². The van der Waals surface area contributed by atoms with Crippen molar-refractivity contribution in [3.63, 3.8) is 0 Å². The van der Waals surface area contributed by atoms with Crippen molar-refractivity contribution < 1.29 is 28.7 Å². The SMILES string of the molecule is CC(=O)CC(=O)Oc1ccc(OC(=O)CC(C)=O)cc1. The van der Waals surface area contributed by atoms with Crippen LogP contribution in [0.2, 0.25) is 0 Å². The fraction of sp³-hybridized carbons (Fsp3) is 0.286. The number of carbonyl (C=O) groups excluding carboxylic acids is 4. The maximum atomic E-state index is 11.2. The van der Waals surface area contributed by atoms with E-state index >= 15 is 0 Å². The molecule has 0 aliphatic rings. The van der Waals surface area contributed by atoms with Crippen LogP contribution in [0.5, 0.6) is 11.5 Å². The van der Waals surface area contributed by atoms with Gasteiger partial charge < -0.3 is 9.47 Å². The molecule has 1 aromatic carbocycles.